The maximum absolute atomic E-state index is 5.01. The van der Waals surface area contributed by atoms with Gasteiger partial charge in [0.15, 0.2) is 0 Å². The maximum Gasteiger partial charge on any atom is 0.0827 e. The topological polar surface area (TPSA) is 54.5 Å². The Hall–Kier alpha value is -3.79. The summed E-state index contributed by atoms with van der Waals surface area (Å²) in [5.74, 6) is 0. The highest BCUT2D eigenvalue weighted by molar-refractivity contribution is 5.98. The van der Waals surface area contributed by atoms with Gasteiger partial charge in [-0.2, -0.15) is 5.10 Å². The molecule has 0 aliphatic carbocycles. The molecule has 127 valence electrons. The van der Waals surface area contributed by atoms with E-state index < -0.39 is 0 Å². The molecule has 1 N–H and O–H groups in total. The van der Waals surface area contributed by atoms with Crippen LogP contribution in [-0.2, 0) is 0 Å². The van der Waals surface area contributed by atoms with Gasteiger partial charge in [0.2, 0.25) is 0 Å². The van der Waals surface area contributed by atoms with Gasteiger partial charge in [-0.1, -0.05) is 54.6 Å². The Morgan fingerprint density at radius 3 is 2.44 bits per heavy atom. The number of hydrogen-bond acceptors (Lipinski definition) is 3. The number of rotatable bonds is 3. The lowest BCUT2D eigenvalue weighted by Crippen LogP contribution is -1.94. The third-order valence-corrected chi connectivity index (χ3v) is 4.59. The molecule has 3 heterocycles. The van der Waals surface area contributed by atoms with Crippen molar-refractivity contribution < 1.29 is 0 Å². The molecule has 27 heavy (non-hydrogen) atoms. The summed E-state index contributed by atoms with van der Waals surface area (Å²) in [5.41, 5.74) is 6.94. The van der Waals surface area contributed by atoms with E-state index in [9.17, 15) is 0 Å². The third kappa shape index (κ3) is 2.77. The van der Waals surface area contributed by atoms with Gasteiger partial charge in [0.05, 0.1) is 23.1 Å². The molecule has 0 bridgehead atoms. The first-order chi connectivity index (χ1) is 13.4. The van der Waals surface area contributed by atoms with E-state index in [1.165, 1.54) is 0 Å². The predicted octanol–water partition coefficient (Wildman–Crippen LogP) is 5.15. The molecule has 4 heteroatoms. The molecule has 0 fully saturated rings. The highest BCUT2D eigenvalue weighted by Crippen LogP contribution is 2.35. The average molecular weight is 347 g/mol. The summed E-state index contributed by atoms with van der Waals surface area (Å²) in [5, 5.41) is 7.93. The quantitative estimate of drug-likeness (QED) is 0.491. The lowest BCUT2D eigenvalue weighted by atomic mass is 9.96. The van der Waals surface area contributed by atoms with Gasteiger partial charge in [-0.25, -0.2) is 4.98 Å². The molecule has 0 atom stereocenters. The van der Waals surface area contributed by atoms with Gasteiger partial charge in [-0.05, 0) is 23.8 Å². The number of aromatic amines is 1. The van der Waals surface area contributed by atoms with Crippen molar-refractivity contribution >= 4 is 10.9 Å². The highest BCUT2D eigenvalue weighted by Gasteiger charge is 2.14. The van der Waals surface area contributed by atoms with E-state index >= 15 is 0 Å². The second-order valence-corrected chi connectivity index (χ2v) is 6.25. The minimum atomic E-state index is 0.874. The number of benzene rings is 2. The molecule has 2 aromatic carbocycles. The second-order valence-electron chi connectivity index (χ2n) is 6.25. The van der Waals surface area contributed by atoms with Crippen molar-refractivity contribution in [2.75, 3.05) is 0 Å². The minimum absolute atomic E-state index is 0.874. The van der Waals surface area contributed by atoms with Gasteiger partial charge in [-0.15, -0.1) is 0 Å². The fourth-order valence-electron chi connectivity index (χ4n) is 3.31. The van der Waals surface area contributed by atoms with Gasteiger partial charge < -0.3 is 0 Å². The minimum Gasteiger partial charge on any atom is -0.285 e. The predicted molar refractivity (Wildman–Crippen MR) is 107 cm³/mol. The molecule has 0 amide bonds. The zero-order valence-corrected chi connectivity index (χ0v) is 14.4. The van der Waals surface area contributed by atoms with Gasteiger partial charge >= 0.3 is 0 Å². The smallest absolute Gasteiger partial charge is 0.0827 e. The van der Waals surface area contributed by atoms with Crippen LogP contribution >= 0.6 is 0 Å². The van der Waals surface area contributed by atoms with Gasteiger partial charge in [0.1, 0.15) is 0 Å². The molecular weight excluding hydrogens is 332 g/mol. The summed E-state index contributed by atoms with van der Waals surface area (Å²) >= 11 is 0. The van der Waals surface area contributed by atoms with Crippen LogP contribution < -0.4 is 0 Å². The van der Waals surface area contributed by atoms with Crippen molar-refractivity contribution in [1.82, 2.24) is 20.2 Å². The number of nitrogens with one attached hydrogen (secondary N) is 1. The molecule has 4 nitrogen and oxygen atoms in total. The van der Waals surface area contributed by atoms with Crippen LogP contribution in [0.4, 0.5) is 0 Å². The van der Waals surface area contributed by atoms with Crippen molar-refractivity contribution in [3.8, 4) is 33.6 Å². The SMILES string of the molecule is [c]1ccc(-c2nc3ccnc(-c4cn[nH]c4)c3cc2-c2ccccc2)cc1. The monoisotopic (exact) mass is 347 g/mol. The molecule has 0 spiro atoms. The van der Waals surface area contributed by atoms with Crippen LogP contribution in [0.15, 0.2) is 85.3 Å². The molecule has 0 saturated carbocycles. The van der Waals surface area contributed by atoms with Gasteiger partial charge in [0.25, 0.3) is 0 Å². The normalized spacial score (nSPS) is 11.0. The summed E-state index contributed by atoms with van der Waals surface area (Å²) in [6.07, 6.45) is 5.43. The summed E-state index contributed by atoms with van der Waals surface area (Å²) in [6.45, 7) is 0. The standard InChI is InChI=1S/C23H15N4/c1-3-7-16(8-4-1)19-13-20-21(27-23(19)17-9-5-2-6-10-17)11-12-24-22(20)18-14-25-26-15-18/h1,3-15H,(H,25,26). The second kappa shape index (κ2) is 6.50. The van der Waals surface area contributed by atoms with Crippen LogP contribution in [0.5, 0.6) is 0 Å². The average Bonchev–Trinajstić information content (AvgIpc) is 3.28. The molecule has 0 saturated heterocycles. The van der Waals surface area contributed by atoms with Crippen LogP contribution in [0.2, 0.25) is 0 Å². The van der Waals surface area contributed by atoms with Crippen LogP contribution in [0.3, 0.4) is 0 Å². The van der Waals surface area contributed by atoms with Crippen LogP contribution in [0, 0.1) is 6.07 Å². The van der Waals surface area contributed by atoms with E-state index in [-0.39, 0.29) is 0 Å². The Bertz CT molecular complexity index is 1200. The summed E-state index contributed by atoms with van der Waals surface area (Å²) in [6, 6.07) is 25.4. The third-order valence-electron chi connectivity index (χ3n) is 4.59. The Morgan fingerprint density at radius 2 is 1.67 bits per heavy atom. The Balaban J connectivity index is 1.84. The molecule has 5 rings (SSSR count). The van der Waals surface area contributed by atoms with E-state index in [0.717, 1.165) is 44.5 Å². The first kappa shape index (κ1) is 15.5. The maximum atomic E-state index is 5.01. The highest BCUT2D eigenvalue weighted by atomic mass is 15.1. The van der Waals surface area contributed by atoms with E-state index in [0.29, 0.717) is 0 Å². The van der Waals surface area contributed by atoms with Crippen molar-refractivity contribution in [2.24, 2.45) is 0 Å². The molecule has 1 radical (unpaired) electrons. The molecule has 0 unspecified atom stereocenters. The van der Waals surface area contributed by atoms with Crippen molar-refractivity contribution in [3.63, 3.8) is 0 Å². The van der Waals surface area contributed by atoms with Gasteiger partial charge in [0, 0.05) is 34.5 Å². The van der Waals surface area contributed by atoms with E-state index in [2.05, 4.69) is 39.4 Å². The fraction of sp³-hybridized carbons (Fsp3) is 0. The Morgan fingerprint density at radius 1 is 0.815 bits per heavy atom. The first-order valence-corrected chi connectivity index (χ1v) is 8.71. The number of fused-ring (bicyclic) bond motifs is 1. The van der Waals surface area contributed by atoms with Crippen molar-refractivity contribution in [3.05, 3.63) is 91.4 Å². The number of aromatic nitrogens is 4. The molecule has 0 aliphatic heterocycles. The van der Waals surface area contributed by atoms with E-state index in [4.69, 9.17) is 4.98 Å². The van der Waals surface area contributed by atoms with Crippen molar-refractivity contribution in [2.45, 2.75) is 0 Å². The van der Waals surface area contributed by atoms with E-state index in [1.54, 1.807) is 12.4 Å². The Kier molecular flexibility index (Phi) is 3.72. The van der Waals surface area contributed by atoms with Crippen molar-refractivity contribution in [1.29, 1.82) is 0 Å². The Labute approximate surface area is 156 Å². The van der Waals surface area contributed by atoms with Gasteiger partial charge in [-0.3, -0.25) is 10.1 Å². The summed E-state index contributed by atoms with van der Waals surface area (Å²) in [7, 11) is 0. The molecular formula is C23H15N4. The largest absolute Gasteiger partial charge is 0.285 e. The molecule has 0 aliphatic rings. The van der Waals surface area contributed by atoms with Crippen LogP contribution in [0.25, 0.3) is 44.5 Å². The summed E-state index contributed by atoms with van der Waals surface area (Å²) in [4.78, 5) is 9.59. The van der Waals surface area contributed by atoms with E-state index in [1.807, 2.05) is 54.7 Å². The van der Waals surface area contributed by atoms with Crippen LogP contribution in [0.1, 0.15) is 0 Å². The first-order valence-electron chi connectivity index (χ1n) is 8.71. The zero-order valence-electron chi connectivity index (χ0n) is 14.4. The molecule has 3 aromatic heterocycles. The lowest BCUT2D eigenvalue weighted by Gasteiger charge is -2.13. The lowest BCUT2D eigenvalue weighted by molar-refractivity contribution is 1.09. The number of hydrogen-bond donors (Lipinski definition) is 1. The van der Waals surface area contributed by atoms with Crippen LogP contribution in [-0.4, -0.2) is 20.2 Å². The number of pyridine rings is 2. The number of H-pyrrole nitrogens is 1. The molecule has 5 aromatic rings. The fourth-order valence-corrected chi connectivity index (χ4v) is 3.31. The number of nitrogens with zero attached hydrogens (tertiary/aromatic N) is 3. The summed E-state index contributed by atoms with van der Waals surface area (Å²) < 4.78 is 0. The zero-order chi connectivity index (χ0) is 18.1.